The van der Waals surface area contributed by atoms with Crippen molar-refractivity contribution in [3.8, 4) is 0 Å². The maximum absolute atomic E-state index is 5.72. The van der Waals surface area contributed by atoms with Gasteiger partial charge in [0.05, 0.1) is 11.6 Å². The van der Waals surface area contributed by atoms with E-state index in [4.69, 9.17) is 10.2 Å². The average Bonchev–Trinajstić information content (AvgIpc) is 2.68. The highest BCUT2D eigenvalue weighted by atomic mass is 16.3. The third kappa shape index (κ3) is 2.05. The number of furan rings is 1. The molecule has 0 bridgehead atoms. The number of hydrogen-bond donors (Lipinski definition) is 1. The van der Waals surface area contributed by atoms with Crippen LogP contribution in [0.4, 0.5) is 0 Å². The lowest BCUT2D eigenvalue weighted by atomic mass is 10.0. The van der Waals surface area contributed by atoms with E-state index in [1.165, 1.54) is 0 Å². The number of aryl methyl sites for hydroxylation is 1. The van der Waals surface area contributed by atoms with Crippen molar-refractivity contribution in [2.24, 2.45) is 5.73 Å². The molecule has 2 aromatic heterocycles. The van der Waals surface area contributed by atoms with Crippen LogP contribution < -0.4 is 5.73 Å². The Morgan fingerprint density at radius 1 is 1.40 bits per heavy atom. The summed E-state index contributed by atoms with van der Waals surface area (Å²) in [5, 5.41) is 7.88. The van der Waals surface area contributed by atoms with Crippen LogP contribution in [0, 0.1) is 6.92 Å². The summed E-state index contributed by atoms with van der Waals surface area (Å²) in [6, 6.07) is 7.61. The first-order chi connectivity index (χ1) is 7.31. The summed E-state index contributed by atoms with van der Waals surface area (Å²) in [6.07, 6.45) is 1.64. The van der Waals surface area contributed by atoms with Gasteiger partial charge in [0, 0.05) is 12.7 Å². The minimum absolute atomic E-state index is 0.00704. The van der Waals surface area contributed by atoms with Crippen molar-refractivity contribution >= 4 is 0 Å². The molecule has 0 amide bonds. The molecule has 1 atom stereocenters. The lowest BCUT2D eigenvalue weighted by molar-refractivity contribution is 0.460. The molecule has 0 aromatic carbocycles. The molecule has 0 saturated heterocycles. The van der Waals surface area contributed by atoms with E-state index < -0.39 is 0 Å². The molecule has 15 heavy (non-hydrogen) atoms. The highest BCUT2D eigenvalue weighted by molar-refractivity contribution is 5.21. The van der Waals surface area contributed by atoms with Crippen molar-refractivity contribution in [1.82, 2.24) is 10.2 Å². The molecule has 0 aliphatic rings. The topological polar surface area (TPSA) is 64.9 Å². The second-order valence-electron chi connectivity index (χ2n) is 3.39. The number of rotatable bonds is 3. The van der Waals surface area contributed by atoms with Crippen molar-refractivity contribution in [2.75, 3.05) is 6.54 Å². The van der Waals surface area contributed by atoms with Gasteiger partial charge in [-0.25, -0.2) is 0 Å². The zero-order valence-corrected chi connectivity index (χ0v) is 8.55. The van der Waals surface area contributed by atoms with Gasteiger partial charge in [0.1, 0.15) is 11.5 Å². The van der Waals surface area contributed by atoms with Gasteiger partial charge in [-0.15, -0.1) is 0 Å². The molecule has 4 heteroatoms. The molecular formula is C11H13N3O. The number of hydrogen-bond acceptors (Lipinski definition) is 4. The SMILES string of the molecule is Cc1ccc(C(CN)c2cccnn2)o1. The van der Waals surface area contributed by atoms with E-state index in [2.05, 4.69) is 10.2 Å². The van der Waals surface area contributed by atoms with Crippen LogP contribution in [0.25, 0.3) is 0 Å². The molecule has 2 rings (SSSR count). The third-order valence-electron chi connectivity index (χ3n) is 2.29. The van der Waals surface area contributed by atoms with Gasteiger partial charge in [0.25, 0.3) is 0 Å². The summed E-state index contributed by atoms with van der Waals surface area (Å²) >= 11 is 0. The van der Waals surface area contributed by atoms with Crippen LogP contribution in [-0.4, -0.2) is 16.7 Å². The van der Waals surface area contributed by atoms with E-state index in [1.807, 2.05) is 31.2 Å². The molecule has 0 aliphatic carbocycles. The predicted octanol–water partition coefficient (Wildman–Crippen LogP) is 1.47. The Labute approximate surface area is 88.1 Å². The molecule has 0 fully saturated rings. The summed E-state index contributed by atoms with van der Waals surface area (Å²) in [4.78, 5) is 0. The maximum atomic E-state index is 5.72. The van der Waals surface area contributed by atoms with Gasteiger partial charge in [0.15, 0.2) is 0 Å². The zero-order valence-electron chi connectivity index (χ0n) is 8.55. The fraction of sp³-hybridized carbons (Fsp3) is 0.273. The molecule has 78 valence electrons. The minimum atomic E-state index is -0.00704. The molecule has 0 saturated carbocycles. The zero-order chi connectivity index (χ0) is 10.7. The van der Waals surface area contributed by atoms with Crippen molar-refractivity contribution in [2.45, 2.75) is 12.8 Å². The Bertz CT molecular complexity index is 424. The van der Waals surface area contributed by atoms with Gasteiger partial charge >= 0.3 is 0 Å². The molecule has 1 unspecified atom stereocenters. The quantitative estimate of drug-likeness (QED) is 0.820. The van der Waals surface area contributed by atoms with E-state index in [0.29, 0.717) is 6.54 Å². The van der Waals surface area contributed by atoms with Gasteiger partial charge in [-0.3, -0.25) is 0 Å². The molecule has 2 aromatic rings. The van der Waals surface area contributed by atoms with E-state index >= 15 is 0 Å². The molecule has 4 nitrogen and oxygen atoms in total. The van der Waals surface area contributed by atoms with Crippen LogP contribution in [0.2, 0.25) is 0 Å². The van der Waals surface area contributed by atoms with Crippen molar-refractivity contribution in [3.05, 3.63) is 47.7 Å². The summed E-state index contributed by atoms with van der Waals surface area (Å²) in [5.41, 5.74) is 6.56. The Hall–Kier alpha value is -1.68. The van der Waals surface area contributed by atoms with Crippen LogP contribution >= 0.6 is 0 Å². The highest BCUT2D eigenvalue weighted by Gasteiger charge is 2.17. The van der Waals surface area contributed by atoms with Crippen LogP contribution in [0.1, 0.15) is 23.1 Å². The Balaban J connectivity index is 2.33. The highest BCUT2D eigenvalue weighted by Crippen LogP contribution is 2.23. The van der Waals surface area contributed by atoms with Gasteiger partial charge < -0.3 is 10.2 Å². The third-order valence-corrected chi connectivity index (χ3v) is 2.29. The van der Waals surface area contributed by atoms with Crippen molar-refractivity contribution < 1.29 is 4.42 Å². The van der Waals surface area contributed by atoms with Crippen molar-refractivity contribution in [1.29, 1.82) is 0 Å². The van der Waals surface area contributed by atoms with Crippen LogP contribution in [0.5, 0.6) is 0 Å². The standard InChI is InChI=1S/C11H13N3O/c1-8-4-5-11(15-8)9(7-12)10-3-2-6-13-14-10/h2-6,9H,7,12H2,1H3. The predicted molar refractivity (Wildman–Crippen MR) is 56.4 cm³/mol. The fourth-order valence-corrected chi connectivity index (χ4v) is 1.52. The van der Waals surface area contributed by atoms with Gasteiger partial charge in [-0.1, -0.05) is 0 Å². The van der Waals surface area contributed by atoms with E-state index in [-0.39, 0.29) is 5.92 Å². The largest absolute Gasteiger partial charge is 0.466 e. The Kier molecular flexibility index (Phi) is 2.78. The van der Waals surface area contributed by atoms with E-state index in [9.17, 15) is 0 Å². The lowest BCUT2D eigenvalue weighted by Crippen LogP contribution is -2.14. The molecule has 2 heterocycles. The monoisotopic (exact) mass is 203 g/mol. The number of nitrogens with zero attached hydrogens (tertiary/aromatic N) is 2. The molecule has 0 radical (unpaired) electrons. The number of aromatic nitrogens is 2. The second-order valence-corrected chi connectivity index (χ2v) is 3.39. The normalized spacial score (nSPS) is 12.7. The summed E-state index contributed by atoms with van der Waals surface area (Å²) in [6.45, 7) is 2.37. The average molecular weight is 203 g/mol. The smallest absolute Gasteiger partial charge is 0.114 e. The van der Waals surface area contributed by atoms with Gasteiger partial charge in [-0.05, 0) is 31.2 Å². The van der Waals surface area contributed by atoms with E-state index in [1.54, 1.807) is 6.20 Å². The first kappa shape index (κ1) is 9.86. The molecule has 0 spiro atoms. The second kappa shape index (κ2) is 4.23. The maximum Gasteiger partial charge on any atom is 0.114 e. The van der Waals surface area contributed by atoms with Crippen LogP contribution in [-0.2, 0) is 0 Å². The van der Waals surface area contributed by atoms with E-state index in [0.717, 1.165) is 17.2 Å². The summed E-state index contributed by atoms with van der Waals surface area (Å²) in [5.74, 6) is 1.72. The lowest BCUT2D eigenvalue weighted by Gasteiger charge is -2.09. The van der Waals surface area contributed by atoms with Crippen molar-refractivity contribution in [3.63, 3.8) is 0 Å². The number of nitrogens with two attached hydrogens (primary N) is 1. The molecule has 0 aliphatic heterocycles. The first-order valence-corrected chi connectivity index (χ1v) is 4.85. The minimum Gasteiger partial charge on any atom is -0.466 e. The summed E-state index contributed by atoms with van der Waals surface area (Å²) in [7, 11) is 0. The summed E-state index contributed by atoms with van der Waals surface area (Å²) < 4.78 is 5.54. The Morgan fingerprint density at radius 2 is 2.27 bits per heavy atom. The van der Waals surface area contributed by atoms with Gasteiger partial charge in [-0.2, -0.15) is 10.2 Å². The van der Waals surface area contributed by atoms with Crippen LogP contribution in [0.3, 0.4) is 0 Å². The molecule has 2 N–H and O–H groups in total. The Morgan fingerprint density at radius 3 is 2.80 bits per heavy atom. The fourth-order valence-electron chi connectivity index (χ4n) is 1.52. The van der Waals surface area contributed by atoms with Gasteiger partial charge in [0.2, 0.25) is 0 Å². The van der Waals surface area contributed by atoms with Crippen LogP contribution in [0.15, 0.2) is 34.9 Å². The molecular weight excluding hydrogens is 190 g/mol. The first-order valence-electron chi connectivity index (χ1n) is 4.85.